The molecule has 0 N–H and O–H groups in total. The number of benzene rings is 1. The number of carbonyl (C=O) groups excluding carboxylic acids is 1. The second kappa shape index (κ2) is 2.78. The fourth-order valence-corrected chi connectivity index (χ4v) is 2.48. The van der Waals surface area contributed by atoms with Crippen molar-refractivity contribution in [1.82, 2.24) is 4.98 Å². The Hall–Kier alpha value is -1.42. The first-order chi connectivity index (χ1) is 6.88. The highest BCUT2D eigenvalue weighted by atomic mass is 32.1. The molecule has 0 amide bonds. The lowest BCUT2D eigenvalue weighted by molar-refractivity contribution is 0.112. The highest BCUT2D eigenvalue weighted by Crippen LogP contribution is 2.35. The molecule has 1 aliphatic rings. The van der Waals surface area contributed by atoms with Crippen LogP contribution in [0, 0.1) is 0 Å². The molecule has 1 aromatic carbocycles. The average molecular weight is 205 g/mol. The van der Waals surface area contributed by atoms with Gasteiger partial charge in [-0.3, -0.25) is 4.79 Å². The van der Waals surface area contributed by atoms with Crippen molar-refractivity contribution in [3.63, 3.8) is 0 Å². The highest BCUT2D eigenvalue weighted by molar-refractivity contribution is 7.20. The number of hydrogen-bond donors (Lipinski definition) is 0. The number of aromatic nitrogens is 1. The first-order valence-electron chi connectivity index (χ1n) is 4.39. The number of carbonyl (C=O) groups is 1. The Balaban J connectivity index is 2.36. The molecule has 1 aromatic heterocycles. The third-order valence-electron chi connectivity index (χ3n) is 2.33. The smallest absolute Gasteiger partial charge is 0.178 e. The molecule has 14 heavy (non-hydrogen) atoms. The number of thiazole rings is 1. The summed E-state index contributed by atoms with van der Waals surface area (Å²) in [4.78, 5) is 14.8. The predicted molar refractivity (Wildman–Crippen MR) is 54.2 cm³/mol. The fourth-order valence-electron chi connectivity index (χ4n) is 1.70. The summed E-state index contributed by atoms with van der Waals surface area (Å²) in [5.74, 6) is 0.867. The summed E-state index contributed by atoms with van der Waals surface area (Å²) in [6, 6.07) is 4.06. The largest absolute Gasteiger partial charge is 0.491 e. The van der Waals surface area contributed by atoms with Crippen molar-refractivity contribution < 1.29 is 9.53 Å². The molecule has 0 bridgehead atoms. The van der Waals surface area contributed by atoms with Gasteiger partial charge >= 0.3 is 0 Å². The molecule has 0 atom stereocenters. The molecule has 0 aliphatic carbocycles. The second-order valence-corrected chi connectivity index (χ2v) is 4.23. The Bertz CT molecular complexity index is 518. The quantitative estimate of drug-likeness (QED) is 0.669. The molecule has 70 valence electrons. The number of fused-ring (bicyclic) bond motifs is 3. The van der Waals surface area contributed by atoms with Gasteiger partial charge in [0.15, 0.2) is 11.3 Å². The van der Waals surface area contributed by atoms with Crippen molar-refractivity contribution in [2.75, 3.05) is 6.61 Å². The summed E-state index contributed by atoms with van der Waals surface area (Å²) in [7, 11) is 0. The van der Waals surface area contributed by atoms with E-state index in [0.29, 0.717) is 5.01 Å². The molecular formula is C10H7NO2S. The van der Waals surface area contributed by atoms with Crippen molar-refractivity contribution in [1.29, 1.82) is 0 Å². The maximum Gasteiger partial charge on any atom is 0.178 e. The van der Waals surface area contributed by atoms with E-state index in [9.17, 15) is 4.79 Å². The van der Waals surface area contributed by atoms with Crippen LogP contribution in [0.1, 0.15) is 15.4 Å². The maximum atomic E-state index is 10.6. The minimum absolute atomic E-state index is 0.518. The number of hydrogen-bond acceptors (Lipinski definition) is 4. The zero-order valence-electron chi connectivity index (χ0n) is 7.32. The van der Waals surface area contributed by atoms with Gasteiger partial charge in [0, 0.05) is 6.42 Å². The third-order valence-corrected chi connectivity index (χ3v) is 3.28. The lowest BCUT2D eigenvalue weighted by Crippen LogP contribution is -1.87. The number of nitrogens with zero attached hydrogens (tertiary/aromatic N) is 1. The van der Waals surface area contributed by atoms with E-state index in [1.165, 1.54) is 16.9 Å². The molecule has 4 heteroatoms. The Kier molecular flexibility index (Phi) is 1.58. The van der Waals surface area contributed by atoms with Crippen molar-refractivity contribution in [3.05, 3.63) is 22.7 Å². The van der Waals surface area contributed by atoms with E-state index in [4.69, 9.17) is 4.74 Å². The molecule has 0 fully saturated rings. The van der Waals surface area contributed by atoms with Gasteiger partial charge in [0.2, 0.25) is 0 Å². The van der Waals surface area contributed by atoms with Crippen LogP contribution < -0.4 is 4.74 Å². The van der Waals surface area contributed by atoms with Crippen LogP contribution in [-0.4, -0.2) is 17.9 Å². The topological polar surface area (TPSA) is 39.2 Å². The summed E-state index contributed by atoms with van der Waals surface area (Å²) >= 11 is 1.40. The van der Waals surface area contributed by atoms with E-state index in [-0.39, 0.29) is 0 Å². The summed E-state index contributed by atoms with van der Waals surface area (Å²) in [5.41, 5.74) is 2.03. The van der Waals surface area contributed by atoms with Gasteiger partial charge in [-0.2, -0.15) is 0 Å². The monoisotopic (exact) mass is 205 g/mol. The molecule has 0 saturated heterocycles. The molecule has 2 heterocycles. The predicted octanol–water partition coefficient (Wildman–Crippen LogP) is 2.04. The second-order valence-electron chi connectivity index (χ2n) is 3.17. The van der Waals surface area contributed by atoms with Crippen molar-refractivity contribution in [2.45, 2.75) is 6.42 Å². The molecule has 2 aromatic rings. The number of aldehydes is 1. The van der Waals surface area contributed by atoms with Gasteiger partial charge in [-0.15, -0.1) is 11.3 Å². The SMILES string of the molecule is O=Cc1nc2c3c(ccc2s1)CCO3. The zero-order valence-corrected chi connectivity index (χ0v) is 8.13. The highest BCUT2D eigenvalue weighted by Gasteiger charge is 2.17. The van der Waals surface area contributed by atoms with Crippen LogP contribution in [-0.2, 0) is 6.42 Å². The van der Waals surface area contributed by atoms with Crippen molar-refractivity contribution in [2.24, 2.45) is 0 Å². The van der Waals surface area contributed by atoms with Gasteiger partial charge in [0.05, 0.1) is 11.3 Å². The van der Waals surface area contributed by atoms with Crippen molar-refractivity contribution in [3.8, 4) is 5.75 Å². The van der Waals surface area contributed by atoms with Gasteiger partial charge < -0.3 is 4.74 Å². The first-order valence-corrected chi connectivity index (χ1v) is 5.20. The molecule has 3 rings (SSSR count). The van der Waals surface area contributed by atoms with Gasteiger partial charge in [-0.25, -0.2) is 4.98 Å². The van der Waals surface area contributed by atoms with E-state index in [2.05, 4.69) is 11.1 Å². The summed E-state index contributed by atoms with van der Waals surface area (Å²) < 4.78 is 6.52. The van der Waals surface area contributed by atoms with Crippen molar-refractivity contribution >= 4 is 27.8 Å². The van der Waals surface area contributed by atoms with Gasteiger partial charge in [-0.05, 0) is 11.6 Å². The number of ether oxygens (including phenoxy) is 1. The minimum atomic E-state index is 0.518. The Morgan fingerprint density at radius 2 is 2.43 bits per heavy atom. The Morgan fingerprint density at radius 3 is 3.29 bits per heavy atom. The van der Waals surface area contributed by atoms with E-state index < -0.39 is 0 Å². The normalized spacial score (nSPS) is 14.0. The van der Waals surface area contributed by atoms with Gasteiger partial charge in [-0.1, -0.05) is 6.07 Å². The molecule has 0 saturated carbocycles. The lowest BCUT2D eigenvalue weighted by Gasteiger charge is -1.97. The minimum Gasteiger partial charge on any atom is -0.491 e. The van der Waals surface area contributed by atoms with Crippen LogP contribution in [0.4, 0.5) is 0 Å². The van der Waals surface area contributed by atoms with Crippen LogP contribution in [0.15, 0.2) is 12.1 Å². The average Bonchev–Trinajstić information content (AvgIpc) is 2.82. The summed E-state index contributed by atoms with van der Waals surface area (Å²) in [6.45, 7) is 0.725. The standard InChI is InChI=1S/C10H7NO2S/c12-5-8-11-9-7(14-8)2-1-6-3-4-13-10(6)9/h1-2,5H,3-4H2. The maximum absolute atomic E-state index is 10.6. The van der Waals surface area contributed by atoms with Crippen LogP contribution in [0.3, 0.4) is 0 Å². The first kappa shape index (κ1) is 7.94. The Labute approximate surface area is 84.3 Å². The van der Waals surface area contributed by atoms with Crippen LogP contribution in [0.2, 0.25) is 0 Å². The zero-order chi connectivity index (χ0) is 9.54. The molecule has 0 radical (unpaired) electrons. The van der Waals surface area contributed by atoms with Crippen LogP contribution in [0.25, 0.3) is 10.2 Å². The number of rotatable bonds is 1. The molecule has 3 nitrogen and oxygen atoms in total. The Morgan fingerprint density at radius 1 is 1.50 bits per heavy atom. The van der Waals surface area contributed by atoms with Crippen LogP contribution in [0.5, 0.6) is 5.75 Å². The van der Waals surface area contributed by atoms with Crippen LogP contribution >= 0.6 is 11.3 Å². The van der Waals surface area contributed by atoms with Gasteiger partial charge in [0.25, 0.3) is 0 Å². The molecule has 1 aliphatic heterocycles. The summed E-state index contributed by atoms with van der Waals surface area (Å²) in [6.07, 6.45) is 1.73. The fraction of sp³-hybridized carbons (Fsp3) is 0.200. The molecule has 0 spiro atoms. The van der Waals surface area contributed by atoms with E-state index in [1.54, 1.807) is 0 Å². The lowest BCUT2D eigenvalue weighted by atomic mass is 10.1. The third kappa shape index (κ3) is 0.974. The molecule has 0 unspecified atom stereocenters. The summed E-state index contributed by atoms with van der Waals surface area (Å²) in [5, 5.41) is 0.518. The van der Waals surface area contributed by atoms with E-state index >= 15 is 0 Å². The van der Waals surface area contributed by atoms with E-state index in [0.717, 1.165) is 35.3 Å². The van der Waals surface area contributed by atoms with E-state index in [1.807, 2.05) is 6.07 Å². The molecular weight excluding hydrogens is 198 g/mol. The van der Waals surface area contributed by atoms with Gasteiger partial charge in [0.1, 0.15) is 11.3 Å².